The van der Waals surface area contributed by atoms with Crippen molar-refractivity contribution in [2.24, 2.45) is 4.99 Å². The minimum Gasteiger partial charge on any atom is -0.497 e. The molecule has 0 saturated heterocycles. The predicted octanol–water partition coefficient (Wildman–Crippen LogP) is 3.66. The van der Waals surface area contributed by atoms with Crippen LogP contribution in [0.5, 0.6) is 5.75 Å². The number of ether oxygens (including phenoxy) is 1. The molecule has 0 atom stereocenters. The lowest BCUT2D eigenvalue weighted by Gasteiger charge is -2.11. The van der Waals surface area contributed by atoms with Gasteiger partial charge in [0, 0.05) is 19.3 Å². The van der Waals surface area contributed by atoms with Crippen LogP contribution in [0, 0.1) is 0 Å². The number of rotatable bonds is 7. The zero-order chi connectivity index (χ0) is 17.2. The second-order valence-electron chi connectivity index (χ2n) is 5.21. The molecule has 5 nitrogen and oxygen atoms in total. The van der Waals surface area contributed by atoms with Crippen LogP contribution >= 0.6 is 35.6 Å². The molecule has 2 N–H and O–H groups in total. The van der Waals surface area contributed by atoms with Crippen LogP contribution in [0.15, 0.2) is 47.6 Å². The van der Waals surface area contributed by atoms with Crippen LogP contribution in [0.1, 0.15) is 18.1 Å². The summed E-state index contributed by atoms with van der Waals surface area (Å²) in [5, 5.41) is 7.09. The monoisotopic (exact) mass is 474 g/mol. The van der Waals surface area contributed by atoms with Gasteiger partial charge in [-0.2, -0.15) is 0 Å². The molecule has 0 amide bonds. The van der Waals surface area contributed by atoms with Crippen molar-refractivity contribution in [2.45, 2.75) is 19.9 Å². The first-order chi connectivity index (χ1) is 11.7. The highest BCUT2D eigenvalue weighted by molar-refractivity contribution is 14.0. The number of nitrogens with one attached hydrogen (secondary N) is 2. The lowest BCUT2D eigenvalue weighted by atomic mass is 10.2. The summed E-state index contributed by atoms with van der Waals surface area (Å²) in [5.41, 5.74) is 2.27. The Morgan fingerprint density at radius 1 is 1.12 bits per heavy atom. The third-order valence-corrected chi connectivity index (χ3v) is 3.64. The van der Waals surface area contributed by atoms with Crippen molar-refractivity contribution in [3.8, 4) is 5.75 Å². The molecule has 2 aromatic rings. The molecule has 25 heavy (non-hydrogen) atoms. The van der Waals surface area contributed by atoms with Crippen LogP contribution in [-0.2, 0) is 13.0 Å². The Balaban J connectivity index is 0.00000312. The highest BCUT2D eigenvalue weighted by Gasteiger charge is 1.99. The van der Waals surface area contributed by atoms with Gasteiger partial charge in [-0.1, -0.05) is 29.8 Å². The molecule has 0 saturated carbocycles. The van der Waals surface area contributed by atoms with Crippen LogP contribution in [0.4, 0.5) is 0 Å². The summed E-state index contributed by atoms with van der Waals surface area (Å²) < 4.78 is 5.16. The summed E-state index contributed by atoms with van der Waals surface area (Å²) in [6.45, 7) is 4.25. The standard InChI is InChI=1S/C18H23ClN4O.HI/c1-3-20-18(21-11-10-15-6-9-17(19)22-12-15)23-13-14-4-7-16(24-2)8-5-14;/h4-9,12H,3,10-11,13H2,1-2H3,(H2,20,21,23);1H. The van der Waals surface area contributed by atoms with Crippen molar-refractivity contribution in [3.63, 3.8) is 0 Å². The number of benzene rings is 1. The molecule has 0 aliphatic rings. The number of halogens is 2. The number of hydrogen-bond acceptors (Lipinski definition) is 3. The molecule has 1 aromatic heterocycles. The maximum absolute atomic E-state index is 5.79. The SMILES string of the molecule is CCNC(=NCc1ccc(OC)cc1)NCCc1ccc(Cl)nc1.I. The van der Waals surface area contributed by atoms with Crippen LogP contribution in [0.2, 0.25) is 5.15 Å². The Hall–Kier alpha value is -1.54. The fraction of sp³-hybridized carbons (Fsp3) is 0.333. The molecule has 1 aromatic carbocycles. The second-order valence-corrected chi connectivity index (χ2v) is 5.60. The number of methoxy groups -OCH3 is 1. The third kappa shape index (κ3) is 7.92. The normalized spacial score (nSPS) is 10.8. The van der Waals surface area contributed by atoms with Crippen LogP contribution in [0.25, 0.3) is 0 Å². The predicted molar refractivity (Wildman–Crippen MR) is 114 cm³/mol. The first kappa shape index (κ1) is 21.5. The number of hydrogen-bond donors (Lipinski definition) is 2. The molecule has 136 valence electrons. The average molecular weight is 475 g/mol. The van der Waals surface area contributed by atoms with E-state index < -0.39 is 0 Å². The second kappa shape index (κ2) is 11.9. The van der Waals surface area contributed by atoms with E-state index in [2.05, 4.69) is 20.6 Å². The van der Waals surface area contributed by atoms with Crippen molar-refractivity contribution in [1.29, 1.82) is 0 Å². The summed E-state index contributed by atoms with van der Waals surface area (Å²) in [5.74, 6) is 1.65. The highest BCUT2D eigenvalue weighted by Crippen LogP contribution is 2.11. The Kier molecular flexibility index (Phi) is 10.3. The van der Waals surface area contributed by atoms with Gasteiger partial charge in [-0.3, -0.25) is 0 Å². The minimum atomic E-state index is 0. The zero-order valence-electron chi connectivity index (χ0n) is 14.5. The first-order valence-electron chi connectivity index (χ1n) is 7.97. The molecule has 0 bridgehead atoms. The molecule has 0 aliphatic carbocycles. The van der Waals surface area contributed by atoms with Gasteiger partial charge in [0.2, 0.25) is 0 Å². The molecule has 1 heterocycles. The van der Waals surface area contributed by atoms with Crippen molar-refractivity contribution in [2.75, 3.05) is 20.2 Å². The molecular weight excluding hydrogens is 451 g/mol. The maximum Gasteiger partial charge on any atom is 0.191 e. The quantitative estimate of drug-likeness (QED) is 0.278. The molecular formula is C18H24ClIN4O. The van der Waals surface area contributed by atoms with Crippen LogP contribution in [0.3, 0.4) is 0 Å². The topological polar surface area (TPSA) is 58.5 Å². The van der Waals surface area contributed by atoms with Gasteiger partial charge < -0.3 is 15.4 Å². The Morgan fingerprint density at radius 3 is 2.44 bits per heavy atom. The first-order valence-corrected chi connectivity index (χ1v) is 8.34. The molecule has 2 rings (SSSR count). The smallest absolute Gasteiger partial charge is 0.191 e. The fourth-order valence-corrected chi connectivity index (χ4v) is 2.23. The van der Waals surface area contributed by atoms with E-state index in [1.165, 1.54) is 0 Å². The number of nitrogens with zero attached hydrogens (tertiary/aromatic N) is 2. The molecule has 0 aliphatic heterocycles. The van der Waals surface area contributed by atoms with E-state index in [4.69, 9.17) is 16.3 Å². The summed E-state index contributed by atoms with van der Waals surface area (Å²) in [7, 11) is 1.66. The fourth-order valence-electron chi connectivity index (χ4n) is 2.12. The number of aromatic nitrogens is 1. The zero-order valence-corrected chi connectivity index (χ0v) is 17.5. The molecule has 0 radical (unpaired) electrons. The Bertz CT molecular complexity index is 647. The van der Waals surface area contributed by atoms with Gasteiger partial charge in [-0.15, -0.1) is 24.0 Å². The van der Waals surface area contributed by atoms with Crippen LogP contribution in [-0.4, -0.2) is 31.1 Å². The summed E-state index contributed by atoms with van der Waals surface area (Å²) in [6, 6.07) is 11.7. The highest BCUT2D eigenvalue weighted by atomic mass is 127. The largest absolute Gasteiger partial charge is 0.497 e. The van der Waals surface area contributed by atoms with Gasteiger partial charge >= 0.3 is 0 Å². The van der Waals surface area contributed by atoms with E-state index >= 15 is 0 Å². The molecule has 0 spiro atoms. The van der Waals surface area contributed by atoms with Gasteiger partial charge in [-0.25, -0.2) is 9.98 Å². The van der Waals surface area contributed by atoms with Gasteiger partial charge in [-0.05, 0) is 42.7 Å². The molecule has 0 fully saturated rings. The third-order valence-electron chi connectivity index (χ3n) is 3.42. The summed E-state index contributed by atoms with van der Waals surface area (Å²) >= 11 is 5.79. The van der Waals surface area contributed by atoms with Gasteiger partial charge in [0.1, 0.15) is 10.9 Å². The number of pyridine rings is 1. The van der Waals surface area contributed by atoms with E-state index in [0.29, 0.717) is 11.7 Å². The van der Waals surface area contributed by atoms with E-state index in [1.807, 2.05) is 37.3 Å². The van der Waals surface area contributed by atoms with Crippen LogP contribution < -0.4 is 15.4 Å². The summed E-state index contributed by atoms with van der Waals surface area (Å²) in [4.78, 5) is 8.69. The summed E-state index contributed by atoms with van der Waals surface area (Å²) in [6.07, 6.45) is 2.66. The minimum absolute atomic E-state index is 0. The van der Waals surface area contributed by atoms with E-state index in [0.717, 1.165) is 42.3 Å². The van der Waals surface area contributed by atoms with E-state index in [9.17, 15) is 0 Å². The Labute approximate surface area is 171 Å². The lowest BCUT2D eigenvalue weighted by Crippen LogP contribution is -2.38. The number of guanidine groups is 1. The molecule has 7 heteroatoms. The van der Waals surface area contributed by atoms with Crippen molar-refractivity contribution in [3.05, 3.63) is 58.9 Å². The van der Waals surface area contributed by atoms with E-state index in [-0.39, 0.29) is 24.0 Å². The van der Waals surface area contributed by atoms with Crippen molar-refractivity contribution >= 4 is 41.5 Å². The van der Waals surface area contributed by atoms with Gasteiger partial charge in [0.25, 0.3) is 0 Å². The van der Waals surface area contributed by atoms with Crippen molar-refractivity contribution in [1.82, 2.24) is 15.6 Å². The van der Waals surface area contributed by atoms with Gasteiger partial charge in [0.15, 0.2) is 5.96 Å². The average Bonchev–Trinajstić information content (AvgIpc) is 2.62. The lowest BCUT2D eigenvalue weighted by molar-refractivity contribution is 0.414. The van der Waals surface area contributed by atoms with E-state index in [1.54, 1.807) is 19.4 Å². The number of aliphatic imine (C=N–C) groups is 1. The molecule has 0 unspecified atom stereocenters. The Morgan fingerprint density at radius 2 is 1.84 bits per heavy atom. The maximum atomic E-state index is 5.79. The van der Waals surface area contributed by atoms with Gasteiger partial charge in [0.05, 0.1) is 13.7 Å². The van der Waals surface area contributed by atoms with Crippen molar-refractivity contribution < 1.29 is 4.74 Å².